The number of imidazole rings is 2. The lowest BCUT2D eigenvalue weighted by atomic mass is 9.80. The number of carbonyl (C=O) groups excluding carboxylic acids is 6. The van der Waals surface area contributed by atoms with Crippen LogP contribution < -0.4 is 47.3 Å². The number of carbonyl (C=O) groups is 6. The van der Waals surface area contributed by atoms with Crippen molar-refractivity contribution in [3.8, 4) is 45.0 Å². The number of pyridine rings is 2. The van der Waals surface area contributed by atoms with E-state index in [1.807, 2.05) is 68.8 Å². The molecule has 0 aliphatic carbocycles. The van der Waals surface area contributed by atoms with E-state index in [9.17, 15) is 38.4 Å². The SMILES string of the molecule is C[C@@H]1Cc2[nH]c(-c3ccnc(-c4ccc(N5CCC(CN6CCC(c7cccc8c7n(C)c(=O)n8C7CCC(=O)NC7=O)CC6C6CN(c7ccc8c(c7)n(C)c(=O)n8C7CCC(=O)NC7=O)CCN6CC6CCN(c7ccc(-c8cc(-c9cc%10c([nH]9)CCNC%10=O)ccn8)cc7)CC6)CC5)cc4)c3)cc2C(=O)N1. The van der Waals surface area contributed by atoms with Crippen molar-refractivity contribution in [1.29, 1.82) is 0 Å². The summed E-state index contributed by atoms with van der Waals surface area (Å²) < 4.78 is 6.50. The Morgan fingerprint density at radius 3 is 1.63 bits per heavy atom. The number of hydrogen-bond acceptors (Lipinski definition) is 15. The van der Waals surface area contributed by atoms with Crippen LogP contribution in [0.25, 0.3) is 67.1 Å². The van der Waals surface area contributed by atoms with Crippen LogP contribution in [-0.2, 0) is 46.1 Å². The van der Waals surface area contributed by atoms with Crippen LogP contribution in [0.1, 0.15) is 127 Å². The number of imide groups is 2. The van der Waals surface area contributed by atoms with Gasteiger partial charge >= 0.3 is 11.4 Å². The van der Waals surface area contributed by atoms with Gasteiger partial charge < -0.3 is 35.3 Å². The first-order chi connectivity index (χ1) is 53.0. The van der Waals surface area contributed by atoms with Crippen LogP contribution in [-0.4, -0.2) is 174 Å². The summed E-state index contributed by atoms with van der Waals surface area (Å²) in [6, 6.07) is 40.4. The molecule has 4 aromatic carbocycles. The minimum absolute atomic E-state index is 0.0466. The zero-order valence-electron chi connectivity index (χ0n) is 61.8. The normalized spacial score (nSPS) is 22.8. The molecule has 0 spiro atoms. The van der Waals surface area contributed by atoms with Gasteiger partial charge in [-0.05, 0) is 173 Å². The van der Waals surface area contributed by atoms with Crippen molar-refractivity contribution in [2.45, 2.75) is 120 Å². The minimum atomic E-state index is -0.809. The fourth-order valence-electron chi connectivity index (χ4n) is 19.2. The van der Waals surface area contributed by atoms with Gasteiger partial charge in [0.2, 0.25) is 23.6 Å². The Morgan fingerprint density at radius 1 is 0.477 bits per heavy atom. The maximum absolute atomic E-state index is 14.6. The van der Waals surface area contributed by atoms with Crippen LogP contribution in [0.4, 0.5) is 17.1 Å². The predicted octanol–water partition coefficient (Wildman–Crippen LogP) is 8.60. The first-order valence-electron chi connectivity index (χ1n) is 39.0. The van der Waals surface area contributed by atoms with Gasteiger partial charge in [0, 0.05) is 198 Å². The van der Waals surface area contributed by atoms with E-state index in [-0.39, 0.29) is 84.7 Å². The van der Waals surface area contributed by atoms with Crippen molar-refractivity contribution >= 4 is 74.6 Å². The van der Waals surface area contributed by atoms with Crippen LogP contribution >= 0.6 is 0 Å². The fraction of sp³-hybridized carbons (Fsp3) is 0.405. The average Bonchev–Trinajstić information content (AvgIpc) is 1.61. The molecule has 8 aliphatic heterocycles. The number of nitrogens with zero attached hydrogens (tertiary/aromatic N) is 11. The number of nitrogens with one attached hydrogen (secondary N) is 6. The van der Waals surface area contributed by atoms with E-state index in [1.165, 1.54) is 11.4 Å². The molecule has 0 bridgehead atoms. The summed E-state index contributed by atoms with van der Waals surface area (Å²) >= 11 is 0. The summed E-state index contributed by atoms with van der Waals surface area (Å²) in [5.74, 6) is -0.787. The number of aromatic nitrogens is 8. The topological polar surface area (TPSA) is 278 Å². The molecule has 25 heteroatoms. The highest BCUT2D eigenvalue weighted by molar-refractivity contribution is 6.02. The van der Waals surface area contributed by atoms with Crippen LogP contribution in [0.2, 0.25) is 0 Å². The Hall–Kier alpha value is -11.2. The first-order valence-corrected chi connectivity index (χ1v) is 39.0. The molecule has 0 saturated carbocycles. The van der Waals surface area contributed by atoms with E-state index >= 15 is 0 Å². The maximum Gasteiger partial charge on any atom is 0.329 e. The number of piperazine rings is 1. The number of aryl methyl sites for hydroxylation is 2. The number of fused-ring (bicyclic) bond motifs is 4. The molecule has 6 N–H and O–H groups in total. The summed E-state index contributed by atoms with van der Waals surface area (Å²) in [6.07, 6.45) is 11.7. The van der Waals surface area contributed by atoms with Crippen LogP contribution in [0.3, 0.4) is 0 Å². The quantitative estimate of drug-likeness (QED) is 0.0524. The van der Waals surface area contributed by atoms with Crippen molar-refractivity contribution in [2.24, 2.45) is 25.9 Å². The van der Waals surface area contributed by atoms with E-state index in [4.69, 9.17) is 9.97 Å². The van der Waals surface area contributed by atoms with E-state index < -0.39 is 23.9 Å². The first kappa shape index (κ1) is 69.6. The second kappa shape index (κ2) is 28.4. The molecule has 18 rings (SSSR count). The van der Waals surface area contributed by atoms with Crippen molar-refractivity contribution in [3.05, 3.63) is 183 Å². The van der Waals surface area contributed by atoms with Crippen molar-refractivity contribution in [2.75, 3.05) is 86.7 Å². The highest BCUT2D eigenvalue weighted by atomic mass is 16.2. The monoisotopic (exact) mass is 1470 g/mol. The van der Waals surface area contributed by atoms with Gasteiger partial charge in [-0.25, -0.2) is 9.59 Å². The number of amides is 6. The van der Waals surface area contributed by atoms with E-state index in [2.05, 4.69) is 135 Å². The highest BCUT2D eigenvalue weighted by Crippen LogP contribution is 2.42. The lowest BCUT2D eigenvalue weighted by molar-refractivity contribution is -0.137. The molecule has 6 aromatic heterocycles. The standard InChI is InChI=1S/C84H91N17O8/c1-49-39-68-62(80(105)88-49)45-67(90-68)56-22-30-86-65(41-56)53-9-13-57(14-10-53)95-32-24-50(25-33-95)46-98-36-28-54(60-5-4-6-70-78(60)94(3)84(109)101(70)72-18-20-77(103)92-82(72)107)42-74(98)75-48-97(59-15-16-69-73(43-59)93(2)83(108)100(69)71-17-19-76(102)91-81(71)106)37-38-99(75)47-51-26-34-96(35-27-51)58-11-7-52(8-12-58)64-40-55(21-29-85-64)66-44-61-63(89-66)23-31-87-79(61)104/h4-16,21-22,29-30,40-41,43-45,49-51,54,71-72,74-75,89-90H,17-20,23-28,31-39,42,46-48H2,1-3H3,(H,87,104)(H,88,105)(H,91,102,106)(H,92,103,107)/t49-,54?,71?,72?,74?,75?/m1/s1. The van der Waals surface area contributed by atoms with Gasteiger partial charge in [-0.3, -0.25) is 77.4 Å². The lowest BCUT2D eigenvalue weighted by Crippen LogP contribution is -2.64. The molecule has 6 fully saturated rings. The highest BCUT2D eigenvalue weighted by Gasteiger charge is 2.44. The number of aromatic amines is 2. The van der Waals surface area contributed by atoms with Gasteiger partial charge in [0.25, 0.3) is 11.8 Å². The molecule has 25 nitrogen and oxygen atoms in total. The molecule has 5 unspecified atom stereocenters. The second-order valence-corrected chi connectivity index (χ2v) is 31.6. The molecule has 6 saturated heterocycles. The average molecular weight is 1470 g/mol. The zero-order valence-corrected chi connectivity index (χ0v) is 61.8. The number of hydrogen-bond donors (Lipinski definition) is 6. The molecular formula is C84H91N17O8. The van der Waals surface area contributed by atoms with Gasteiger partial charge in [0.05, 0.1) is 44.6 Å². The summed E-state index contributed by atoms with van der Waals surface area (Å²) in [4.78, 5) is 136. The van der Waals surface area contributed by atoms with Crippen LogP contribution in [0.5, 0.6) is 0 Å². The molecule has 6 atom stereocenters. The third-order valence-electron chi connectivity index (χ3n) is 25.0. The number of rotatable bonds is 15. The van der Waals surface area contributed by atoms with Crippen molar-refractivity contribution in [1.82, 2.24) is 69.3 Å². The van der Waals surface area contributed by atoms with Gasteiger partial charge in [0.15, 0.2) is 0 Å². The molecule has 6 amide bonds. The summed E-state index contributed by atoms with van der Waals surface area (Å²) in [7, 11) is 3.56. The number of anilines is 3. The summed E-state index contributed by atoms with van der Waals surface area (Å²) in [6.45, 7) is 11.2. The Morgan fingerprint density at radius 2 is 1.04 bits per heavy atom. The fourth-order valence-corrected chi connectivity index (χ4v) is 19.2. The predicted molar refractivity (Wildman–Crippen MR) is 418 cm³/mol. The minimum Gasteiger partial charge on any atom is -0.372 e. The Labute approximate surface area is 630 Å². The summed E-state index contributed by atoms with van der Waals surface area (Å²) in [5, 5.41) is 11.0. The Kier molecular flexibility index (Phi) is 18.1. The maximum atomic E-state index is 14.6. The van der Waals surface area contributed by atoms with Crippen LogP contribution in [0.15, 0.2) is 143 Å². The van der Waals surface area contributed by atoms with Crippen molar-refractivity contribution in [3.63, 3.8) is 0 Å². The van der Waals surface area contributed by atoms with Gasteiger partial charge in [-0.15, -0.1) is 0 Å². The molecular weight excluding hydrogens is 1380 g/mol. The second-order valence-electron chi connectivity index (χ2n) is 31.6. The number of para-hydroxylation sites is 1. The summed E-state index contributed by atoms with van der Waals surface area (Å²) in [5.41, 5.74) is 17.6. The van der Waals surface area contributed by atoms with Crippen LogP contribution in [0, 0.1) is 11.8 Å². The number of likely N-dealkylation sites (tertiary alicyclic amines) is 1. The number of H-pyrrole nitrogens is 2. The Bertz CT molecular complexity index is 5400. The van der Waals surface area contributed by atoms with Gasteiger partial charge in [-0.1, -0.05) is 36.4 Å². The third-order valence-corrected chi connectivity index (χ3v) is 25.0. The number of benzene rings is 4. The molecule has 109 heavy (non-hydrogen) atoms. The van der Waals surface area contributed by atoms with Gasteiger partial charge in [-0.2, -0.15) is 0 Å². The van der Waals surface area contributed by atoms with E-state index in [1.54, 1.807) is 25.3 Å². The van der Waals surface area contributed by atoms with E-state index in [0.29, 0.717) is 52.6 Å². The molecule has 0 radical (unpaired) electrons. The number of piperidine rings is 5. The molecule has 8 aliphatic rings. The molecule has 10 aromatic rings. The molecule has 14 heterocycles. The smallest absolute Gasteiger partial charge is 0.329 e. The molecule has 560 valence electrons. The lowest BCUT2D eigenvalue weighted by Gasteiger charge is -2.53. The Balaban J connectivity index is 0.630. The van der Waals surface area contributed by atoms with Gasteiger partial charge in [0.1, 0.15) is 12.1 Å². The third kappa shape index (κ3) is 13.1. The van der Waals surface area contributed by atoms with Crippen molar-refractivity contribution < 1.29 is 28.8 Å². The zero-order chi connectivity index (χ0) is 74.5. The largest absolute Gasteiger partial charge is 0.372 e. The van der Waals surface area contributed by atoms with E-state index in [0.717, 1.165) is 183 Å².